The van der Waals surface area contributed by atoms with Crippen molar-refractivity contribution in [2.24, 2.45) is 11.8 Å². The lowest BCUT2D eigenvalue weighted by Gasteiger charge is -2.28. The van der Waals surface area contributed by atoms with Gasteiger partial charge in [-0.25, -0.2) is 0 Å². The Bertz CT molecular complexity index is 187. The number of piperidine rings is 1. The second-order valence-corrected chi connectivity index (χ2v) is 5.82. The molecule has 2 heteroatoms. The molecule has 94 valence electrons. The Morgan fingerprint density at radius 3 is 2.56 bits per heavy atom. The lowest BCUT2D eigenvalue weighted by Crippen LogP contribution is -2.40. The van der Waals surface area contributed by atoms with Gasteiger partial charge in [0.15, 0.2) is 0 Å². The average Bonchev–Trinajstić information content (AvgIpc) is 2.53. The van der Waals surface area contributed by atoms with E-state index in [0.717, 1.165) is 17.9 Å². The molecule has 1 heterocycles. The van der Waals surface area contributed by atoms with Gasteiger partial charge in [0.25, 0.3) is 0 Å². The highest BCUT2D eigenvalue weighted by Crippen LogP contribution is 2.23. The molecule has 1 aliphatic heterocycles. The first-order chi connectivity index (χ1) is 7.86. The molecule has 1 aliphatic carbocycles. The van der Waals surface area contributed by atoms with Gasteiger partial charge in [0.2, 0.25) is 0 Å². The largest absolute Gasteiger partial charge is 0.317 e. The van der Waals surface area contributed by atoms with Crippen LogP contribution in [-0.4, -0.2) is 25.7 Å². The summed E-state index contributed by atoms with van der Waals surface area (Å²) in [6.07, 6.45) is 9.93. The van der Waals surface area contributed by atoms with E-state index in [0.29, 0.717) is 0 Å². The van der Waals surface area contributed by atoms with Gasteiger partial charge in [-0.1, -0.05) is 26.2 Å². The fraction of sp³-hybridized carbons (Fsp3) is 1.00. The summed E-state index contributed by atoms with van der Waals surface area (Å²) in [6, 6.07) is 0.803. The third kappa shape index (κ3) is 3.74. The molecule has 2 unspecified atom stereocenters. The molecule has 2 atom stereocenters. The first kappa shape index (κ1) is 12.4. The van der Waals surface area contributed by atoms with E-state index < -0.39 is 0 Å². The van der Waals surface area contributed by atoms with Gasteiger partial charge >= 0.3 is 0 Å². The highest BCUT2D eigenvalue weighted by atomic mass is 14.9. The van der Waals surface area contributed by atoms with Crippen LogP contribution < -0.4 is 10.6 Å². The molecule has 0 bridgehead atoms. The highest BCUT2D eigenvalue weighted by Gasteiger charge is 2.21. The van der Waals surface area contributed by atoms with Gasteiger partial charge in [0.1, 0.15) is 0 Å². The van der Waals surface area contributed by atoms with Crippen molar-refractivity contribution in [3.63, 3.8) is 0 Å². The summed E-state index contributed by atoms with van der Waals surface area (Å²) in [6.45, 7) is 6.15. The molecule has 16 heavy (non-hydrogen) atoms. The summed E-state index contributed by atoms with van der Waals surface area (Å²) in [5.41, 5.74) is 0. The summed E-state index contributed by atoms with van der Waals surface area (Å²) < 4.78 is 0. The van der Waals surface area contributed by atoms with Crippen LogP contribution in [0, 0.1) is 11.8 Å². The van der Waals surface area contributed by atoms with Gasteiger partial charge in [-0.05, 0) is 57.2 Å². The lowest BCUT2D eigenvalue weighted by molar-refractivity contribution is 0.298. The van der Waals surface area contributed by atoms with E-state index in [1.54, 1.807) is 0 Å². The normalized spacial score (nSPS) is 33.6. The summed E-state index contributed by atoms with van der Waals surface area (Å²) in [4.78, 5) is 0. The minimum Gasteiger partial charge on any atom is -0.317 e. The maximum absolute atomic E-state index is 3.85. The molecular weight excluding hydrogens is 196 g/mol. The van der Waals surface area contributed by atoms with Crippen LogP contribution in [0.15, 0.2) is 0 Å². The van der Waals surface area contributed by atoms with E-state index in [9.17, 15) is 0 Å². The van der Waals surface area contributed by atoms with Gasteiger partial charge < -0.3 is 10.6 Å². The van der Waals surface area contributed by atoms with Crippen molar-refractivity contribution in [1.29, 1.82) is 0 Å². The van der Waals surface area contributed by atoms with Crippen LogP contribution in [0.4, 0.5) is 0 Å². The lowest BCUT2D eigenvalue weighted by atomic mass is 9.94. The topological polar surface area (TPSA) is 24.1 Å². The Labute approximate surface area is 101 Å². The fourth-order valence-corrected chi connectivity index (χ4v) is 3.20. The van der Waals surface area contributed by atoms with Crippen LogP contribution in [-0.2, 0) is 0 Å². The number of rotatable bonds is 3. The SMILES string of the molecule is CC1CCCCCC1NCC1CCNCC1. The standard InChI is InChI=1S/C14H28N2/c1-12-5-3-2-4-6-14(12)16-11-13-7-9-15-10-8-13/h12-16H,2-11H2,1H3. The number of nitrogens with one attached hydrogen (secondary N) is 2. The molecule has 0 aromatic carbocycles. The van der Waals surface area contributed by atoms with E-state index in [1.807, 2.05) is 0 Å². The van der Waals surface area contributed by atoms with Crippen LogP contribution in [0.3, 0.4) is 0 Å². The predicted octanol–water partition coefficient (Wildman–Crippen LogP) is 2.54. The smallest absolute Gasteiger partial charge is 0.00928 e. The van der Waals surface area contributed by atoms with E-state index in [1.165, 1.54) is 64.6 Å². The van der Waals surface area contributed by atoms with Gasteiger partial charge in [-0.3, -0.25) is 0 Å². The minimum absolute atomic E-state index is 0.803. The molecule has 2 nitrogen and oxygen atoms in total. The second-order valence-electron chi connectivity index (χ2n) is 5.82. The molecular formula is C14H28N2. The highest BCUT2D eigenvalue weighted by molar-refractivity contribution is 4.79. The van der Waals surface area contributed by atoms with Crippen molar-refractivity contribution in [2.75, 3.05) is 19.6 Å². The van der Waals surface area contributed by atoms with Crippen molar-refractivity contribution >= 4 is 0 Å². The monoisotopic (exact) mass is 224 g/mol. The van der Waals surface area contributed by atoms with Crippen LogP contribution in [0.25, 0.3) is 0 Å². The zero-order chi connectivity index (χ0) is 11.2. The first-order valence-electron chi connectivity index (χ1n) is 7.30. The Hall–Kier alpha value is -0.0800. The molecule has 2 rings (SSSR count). The summed E-state index contributed by atoms with van der Waals surface area (Å²) in [7, 11) is 0. The fourth-order valence-electron chi connectivity index (χ4n) is 3.20. The Kier molecular flexibility index (Phi) is 5.11. The summed E-state index contributed by atoms with van der Waals surface area (Å²) in [5.74, 6) is 1.82. The quantitative estimate of drug-likeness (QED) is 0.720. The van der Waals surface area contributed by atoms with Crippen molar-refractivity contribution in [3.8, 4) is 0 Å². The van der Waals surface area contributed by atoms with Gasteiger partial charge in [-0.2, -0.15) is 0 Å². The number of hydrogen-bond acceptors (Lipinski definition) is 2. The molecule has 0 aromatic heterocycles. The molecule has 1 saturated heterocycles. The van der Waals surface area contributed by atoms with E-state index in [-0.39, 0.29) is 0 Å². The molecule has 2 aliphatic rings. The average molecular weight is 224 g/mol. The molecule has 0 amide bonds. The van der Waals surface area contributed by atoms with E-state index in [2.05, 4.69) is 17.6 Å². The van der Waals surface area contributed by atoms with E-state index in [4.69, 9.17) is 0 Å². The number of hydrogen-bond donors (Lipinski definition) is 2. The van der Waals surface area contributed by atoms with Gasteiger partial charge in [-0.15, -0.1) is 0 Å². The predicted molar refractivity (Wildman–Crippen MR) is 69.6 cm³/mol. The van der Waals surface area contributed by atoms with Crippen molar-refractivity contribution in [2.45, 2.75) is 57.9 Å². The molecule has 2 N–H and O–H groups in total. The summed E-state index contributed by atoms with van der Waals surface area (Å²) in [5, 5.41) is 7.30. The molecule has 0 radical (unpaired) electrons. The van der Waals surface area contributed by atoms with Crippen LogP contribution in [0.1, 0.15) is 51.9 Å². The Balaban J connectivity index is 1.70. The second kappa shape index (κ2) is 6.61. The first-order valence-corrected chi connectivity index (χ1v) is 7.30. The maximum Gasteiger partial charge on any atom is 0.00928 e. The van der Waals surface area contributed by atoms with Crippen LogP contribution in [0.5, 0.6) is 0 Å². The van der Waals surface area contributed by atoms with Gasteiger partial charge in [0.05, 0.1) is 0 Å². The molecule has 2 fully saturated rings. The Morgan fingerprint density at radius 2 is 1.75 bits per heavy atom. The van der Waals surface area contributed by atoms with Crippen molar-refractivity contribution < 1.29 is 0 Å². The molecule has 0 aromatic rings. The third-order valence-electron chi connectivity index (χ3n) is 4.49. The zero-order valence-electron chi connectivity index (χ0n) is 10.8. The van der Waals surface area contributed by atoms with E-state index >= 15 is 0 Å². The Morgan fingerprint density at radius 1 is 1.00 bits per heavy atom. The zero-order valence-corrected chi connectivity index (χ0v) is 10.8. The molecule has 0 spiro atoms. The van der Waals surface area contributed by atoms with Gasteiger partial charge in [0, 0.05) is 6.04 Å². The van der Waals surface area contributed by atoms with Crippen molar-refractivity contribution in [3.05, 3.63) is 0 Å². The molecule has 1 saturated carbocycles. The summed E-state index contributed by atoms with van der Waals surface area (Å²) >= 11 is 0. The van der Waals surface area contributed by atoms with Crippen molar-refractivity contribution in [1.82, 2.24) is 10.6 Å². The maximum atomic E-state index is 3.85. The minimum atomic E-state index is 0.803. The van der Waals surface area contributed by atoms with Crippen LogP contribution >= 0.6 is 0 Å². The van der Waals surface area contributed by atoms with Crippen LogP contribution in [0.2, 0.25) is 0 Å². The third-order valence-corrected chi connectivity index (χ3v) is 4.49.